The summed E-state index contributed by atoms with van der Waals surface area (Å²) in [6, 6.07) is 11.0. The Bertz CT molecular complexity index is 618. The molecule has 0 bridgehead atoms. The molecule has 1 aromatic carbocycles. The van der Waals surface area contributed by atoms with Gasteiger partial charge >= 0.3 is 0 Å². The van der Waals surface area contributed by atoms with Crippen LogP contribution in [0.5, 0.6) is 0 Å². The van der Waals surface area contributed by atoms with Crippen LogP contribution in [-0.4, -0.2) is 24.7 Å². The molecular weight excluding hydrogens is 294 g/mol. The number of nitrogens with zero attached hydrogens (tertiary/aromatic N) is 2. The van der Waals surface area contributed by atoms with Crippen molar-refractivity contribution < 1.29 is 0 Å². The molecule has 128 valence electrons. The Balaban J connectivity index is 1.76. The van der Waals surface area contributed by atoms with Crippen LogP contribution in [0.4, 0.5) is 0 Å². The predicted octanol–water partition coefficient (Wildman–Crippen LogP) is 4.80. The van der Waals surface area contributed by atoms with Gasteiger partial charge in [0.05, 0.1) is 6.04 Å². The minimum atomic E-state index is 0.241. The van der Waals surface area contributed by atoms with E-state index < -0.39 is 0 Å². The van der Waals surface area contributed by atoms with Crippen molar-refractivity contribution in [3.8, 4) is 0 Å². The lowest BCUT2D eigenvalue weighted by Crippen LogP contribution is -2.20. The maximum Gasteiger partial charge on any atom is 0.0727 e. The van der Waals surface area contributed by atoms with Crippen molar-refractivity contribution in [2.75, 3.05) is 14.1 Å². The molecule has 3 rings (SSSR count). The van der Waals surface area contributed by atoms with Crippen LogP contribution in [0.2, 0.25) is 0 Å². The van der Waals surface area contributed by atoms with Gasteiger partial charge in [0.2, 0.25) is 0 Å². The lowest BCUT2D eigenvalue weighted by Gasteiger charge is -2.22. The Morgan fingerprint density at radius 1 is 1.08 bits per heavy atom. The quantitative estimate of drug-likeness (QED) is 0.761. The van der Waals surface area contributed by atoms with Gasteiger partial charge in [-0.05, 0) is 55.7 Å². The van der Waals surface area contributed by atoms with E-state index in [4.69, 9.17) is 5.10 Å². The predicted molar refractivity (Wildman–Crippen MR) is 102 cm³/mol. The number of allylic oxidation sites excluding steroid dienone is 2. The van der Waals surface area contributed by atoms with E-state index in [0.29, 0.717) is 0 Å². The van der Waals surface area contributed by atoms with E-state index in [0.717, 1.165) is 25.7 Å². The summed E-state index contributed by atoms with van der Waals surface area (Å²) in [5.74, 6) is 0. The molecule has 0 amide bonds. The average Bonchev–Trinajstić information content (AvgIpc) is 3.09. The third-order valence-electron chi connectivity index (χ3n) is 4.95. The molecule has 1 fully saturated rings. The van der Waals surface area contributed by atoms with Gasteiger partial charge in [-0.25, -0.2) is 0 Å². The molecule has 0 saturated heterocycles. The second-order valence-electron chi connectivity index (χ2n) is 7.02. The first kappa shape index (κ1) is 16.8. The third-order valence-corrected chi connectivity index (χ3v) is 4.95. The van der Waals surface area contributed by atoms with Crippen molar-refractivity contribution in [1.29, 1.82) is 0 Å². The molecule has 0 aliphatic heterocycles. The summed E-state index contributed by atoms with van der Waals surface area (Å²) in [4.78, 5) is 2.22. The van der Waals surface area contributed by atoms with E-state index in [9.17, 15) is 0 Å². The van der Waals surface area contributed by atoms with E-state index in [1.54, 1.807) is 0 Å². The molecule has 2 aliphatic rings. The lowest BCUT2D eigenvalue weighted by atomic mass is 9.97. The van der Waals surface area contributed by atoms with Gasteiger partial charge < -0.3 is 10.3 Å². The Kier molecular flexibility index (Phi) is 5.73. The third kappa shape index (κ3) is 4.28. The Hall–Kier alpha value is -2.03. The molecule has 2 aliphatic carbocycles. The molecule has 1 unspecified atom stereocenters. The highest BCUT2D eigenvalue weighted by Crippen LogP contribution is 2.30. The molecule has 0 aromatic heterocycles. The van der Waals surface area contributed by atoms with Crippen molar-refractivity contribution in [3.63, 3.8) is 0 Å². The van der Waals surface area contributed by atoms with E-state index in [-0.39, 0.29) is 6.04 Å². The van der Waals surface area contributed by atoms with Gasteiger partial charge in [0.1, 0.15) is 0 Å². The summed E-state index contributed by atoms with van der Waals surface area (Å²) >= 11 is 0. The van der Waals surface area contributed by atoms with Gasteiger partial charge in [0.15, 0.2) is 0 Å². The van der Waals surface area contributed by atoms with Crippen LogP contribution in [0.25, 0.3) is 0 Å². The maximum absolute atomic E-state index is 4.78. The molecule has 0 heterocycles. The maximum atomic E-state index is 4.78. The molecule has 3 heteroatoms. The van der Waals surface area contributed by atoms with E-state index in [1.807, 2.05) is 0 Å². The molecule has 1 saturated carbocycles. The van der Waals surface area contributed by atoms with Crippen molar-refractivity contribution in [1.82, 2.24) is 10.3 Å². The second-order valence-corrected chi connectivity index (χ2v) is 7.02. The summed E-state index contributed by atoms with van der Waals surface area (Å²) in [6.07, 6.45) is 12.8. The first-order valence-electron chi connectivity index (χ1n) is 9.16. The van der Waals surface area contributed by atoms with Crippen LogP contribution in [-0.2, 0) is 0 Å². The molecule has 1 atom stereocenters. The van der Waals surface area contributed by atoms with Crippen molar-refractivity contribution in [3.05, 3.63) is 59.3 Å². The minimum Gasteiger partial charge on any atom is -0.378 e. The van der Waals surface area contributed by atoms with E-state index in [1.165, 1.54) is 41.8 Å². The Labute approximate surface area is 146 Å². The number of hydrazone groups is 1. The smallest absolute Gasteiger partial charge is 0.0727 e. The topological polar surface area (TPSA) is 27.6 Å². The molecule has 1 N–H and O–H groups in total. The van der Waals surface area contributed by atoms with Crippen LogP contribution >= 0.6 is 0 Å². The van der Waals surface area contributed by atoms with Gasteiger partial charge in [-0.1, -0.05) is 42.8 Å². The highest BCUT2D eigenvalue weighted by Gasteiger charge is 2.18. The summed E-state index contributed by atoms with van der Waals surface area (Å²) in [6.45, 7) is 0. The number of hydrogen-bond donors (Lipinski definition) is 1. The number of nitrogens with one attached hydrogen (secondary N) is 1. The first-order valence-corrected chi connectivity index (χ1v) is 9.16. The zero-order chi connectivity index (χ0) is 16.8. The first-order chi connectivity index (χ1) is 11.7. The summed E-state index contributed by atoms with van der Waals surface area (Å²) in [5, 5.41) is 4.78. The molecule has 24 heavy (non-hydrogen) atoms. The summed E-state index contributed by atoms with van der Waals surface area (Å²) < 4.78 is 0. The van der Waals surface area contributed by atoms with Gasteiger partial charge in [0, 0.05) is 25.5 Å². The van der Waals surface area contributed by atoms with Crippen molar-refractivity contribution in [2.45, 2.75) is 51.0 Å². The number of hydrogen-bond acceptors (Lipinski definition) is 3. The zero-order valence-electron chi connectivity index (χ0n) is 15.0. The molecule has 3 nitrogen and oxygen atoms in total. The number of likely N-dealkylation sites (N-methyl/N-ethyl adjacent to an activating group) is 1. The largest absolute Gasteiger partial charge is 0.378 e. The Morgan fingerprint density at radius 2 is 1.83 bits per heavy atom. The fourth-order valence-electron chi connectivity index (χ4n) is 3.60. The van der Waals surface area contributed by atoms with Crippen molar-refractivity contribution in [2.24, 2.45) is 5.10 Å². The summed E-state index contributed by atoms with van der Waals surface area (Å²) in [5.41, 5.74) is 9.00. The van der Waals surface area contributed by atoms with Crippen LogP contribution in [0, 0.1) is 0 Å². The van der Waals surface area contributed by atoms with Crippen LogP contribution < -0.4 is 5.43 Å². The van der Waals surface area contributed by atoms with E-state index >= 15 is 0 Å². The monoisotopic (exact) mass is 323 g/mol. The zero-order valence-corrected chi connectivity index (χ0v) is 15.0. The molecular formula is C21H29N3. The normalized spacial score (nSPS) is 18.7. The fourth-order valence-corrected chi connectivity index (χ4v) is 3.60. The molecule has 0 spiro atoms. The lowest BCUT2D eigenvalue weighted by molar-refractivity contribution is 0.501. The molecule has 1 aromatic rings. The highest BCUT2D eigenvalue weighted by molar-refractivity contribution is 5.84. The summed E-state index contributed by atoms with van der Waals surface area (Å²) in [7, 11) is 4.25. The van der Waals surface area contributed by atoms with Gasteiger partial charge in [-0.3, -0.25) is 0 Å². The SMILES string of the molecule is CN(C)C1=C(CC(NN=C2CCCCC2)c2ccccc2)CC=C1. The van der Waals surface area contributed by atoms with Crippen LogP contribution in [0.1, 0.15) is 56.6 Å². The van der Waals surface area contributed by atoms with Crippen molar-refractivity contribution >= 4 is 5.71 Å². The van der Waals surface area contributed by atoms with Gasteiger partial charge in [0.25, 0.3) is 0 Å². The van der Waals surface area contributed by atoms with E-state index in [2.05, 4.69) is 66.9 Å². The highest BCUT2D eigenvalue weighted by atomic mass is 15.3. The standard InChI is InChI=1S/C21H29N3/c1-24(2)21-15-9-12-18(21)16-20(17-10-5-3-6-11-17)23-22-19-13-7-4-8-14-19/h3,5-6,9-11,15,20,23H,4,7-8,12-14,16H2,1-2H3. The van der Waals surface area contributed by atoms with Crippen LogP contribution in [0.3, 0.4) is 0 Å². The van der Waals surface area contributed by atoms with Gasteiger partial charge in [-0.2, -0.15) is 5.10 Å². The number of benzene rings is 1. The number of rotatable bonds is 6. The van der Waals surface area contributed by atoms with Gasteiger partial charge in [-0.15, -0.1) is 0 Å². The second kappa shape index (κ2) is 8.18. The molecule has 0 radical (unpaired) electrons. The average molecular weight is 323 g/mol. The Morgan fingerprint density at radius 3 is 2.54 bits per heavy atom. The van der Waals surface area contributed by atoms with Crippen LogP contribution in [0.15, 0.2) is 58.9 Å². The minimum absolute atomic E-state index is 0.241. The fraction of sp³-hybridized carbons (Fsp3) is 0.476.